The van der Waals surface area contributed by atoms with Gasteiger partial charge in [-0.15, -0.1) is 11.3 Å². The average molecular weight is 342 g/mol. The van der Waals surface area contributed by atoms with Crippen molar-refractivity contribution in [2.24, 2.45) is 0 Å². The van der Waals surface area contributed by atoms with Gasteiger partial charge >= 0.3 is 0 Å². The maximum Gasteiger partial charge on any atom is 0.270 e. The summed E-state index contributed by atoms with van der Waals surface area (Å²) < 4.78 is 32.2. The molecule has 1 rings (SSSR count). The molecule has 1 aromatic heterocycles. The largest absolute Gasteiger partial charge is 0.382 e. The predicted octanol–water partition coefficient (Wildman–Crippen LogP) is 0.997. The molecule has 1 heterocycles. The van der Waals surface area contributed by atoms with Gasteiger partial charge in [-0.3, -0.25) is 4.79 Å². The van der Waals surface area contributed by atoms with Gasteiger partial charge in [-0.25, -0.2) is 8.42 Å². The van der Waals surface area contributed by atoms with E-state index in [2.05, 4.69) is 5.32 Å². The first-order chi connectivity index (χ1) is 9.43. The first kappa shape index (κ1) is 17.4. The lowest BCUT2D eigenvalue weighted by molar-refractivity contribution is -0.120. The molecule has 0 saturated carbocycles. The number of hydrogen-bond donors (Lipinski definition) is 1. The maximum absolute atomic E-state index is 11.6. The second kappa shape index (κ2) is 8.58. The minimum atomic E-state index is -3.72. The Bertz CT molecular complexity index is 529. The van der Waals surface area contributed by atoms with E-state index in [1.165, 1.54) is 6.07 Å². The number of halogens is 1. The molecule has 0 atom stereocenters. The summed E-state index contributed by atoms with van der Waals surface area (Å²) in [6.07, 6.45) is 0.120. The Morgan fingerprint density at radius 2 is 2.10 bits per heavy atom. The Labute approximate surface area is 126 Å². The van der Waals surface area contributed by atoms with Crippen LogP contribution in [0.3, 0.4) is 0 Å². The van der Waals surface area contributed by atoms with Gasteiger partial charge in [-0.05, 0) is 12.1 Å². The second-order valence-corrected chi connectivity index (χ2v) is 7.75. The lowest BCUT2D eigenvalue weighted by Crippen LogP contribution is -2.28. The van der Waals surface area contributed by atoms with Gasteiger partial charge in [0, 0.05) is 29.2 Å². The fourth-order valence-electron chi connectivity index (χ4n) is 1.31. The van der Waals surface area contributed by atoms with Gasteiger partial charge in [0.25, 0.3) is 9.05 Å². The van der Waals surface area contributed by atoms with Crippen LogP contribution in [0.25, 0.3) is 0 Å². The van der Waals surface area contributed by atoms with Gasteiger partial charge < -0.3 is 14.8 Å². The van der Waals surface area contributed by atoms with Crippen LogP contribution in [0.4, 0.5) is 0 Å². The minimum absolute atomic E-state index is 0.0462. The van der Waals surface area contributed by atoms with Crippen LogP contribution in [0.15, 0.2) is 16.3 Å². The van der Waals surface area contributed by atoms with Gasteiger partial charge in [-0.2, -0.15) is 0 Å². The molecule has 0 fully saturated rings. The topological polar surface area (TPSA) is 81.7 Å². The highest BCUT2D eigenvalue weighted by molar-refractivity contribution is 8.15. The predicted molar refractivity (Wildman–Crippen MR) is 76.8 cm³/mol. The van der Waals surface area contributed by atoms with Crippen LogP contribution in [-0.2, 0) is 29.7 Å². The number of carbonyl (C=O) groups is 1. The smallest absolute Gasteiger partial charge is 0.270 e. The zero-order valence-electron chi connectivity index (χ0n) is 10.9. The molecule has 0 radical (unpaired) electrons. The van der Waals surface area contributed by atoms with E-state index in [1.807, 2.05) is 0 Å². The van der Waals surface area contributed by atoms with Crippen molar-refractivity contribution in [1.29, 1.82) is 0 Å². The summed E-state index contributed by atoms with van der Waals surface area (Å²) in [6, 6.07) is 2.97. The third kappa shape index (κ3) is 6.67. The molecule has 0 aliphatic rings. The van der Waals surface area contributed by atoms with Crippen LogP contribution in [0, 0.1) is 0 Å². The van der Waals surface area contributed by atoms with Gasteiger partial charge in [-0.1, -0.05) is 0 Å². The highest BCUT2D eigenvalue weighted by Gasteiger charge is 2.14. The van der Waals surface area contributed by atoms with Crippen molar-refractivity contribution in [2.75, 3.05) is 33.5 Å². The van der Waals surface area contributed by atoms with Crippen molar-refractivity contribution >= 4 is 37.0 Å². The normalized spacial score (nSPS) is 11.5. The molecule has 0 spiro atoms. The number of carbonyl (C=O) groups excluding carboxylic acids is 1. The van der Waals surface area contributed by atoms with Gasteiger partial charge in [0.15, 0.2) is 0 Å². The molecule has 9 heteroatoms. The maximum atomic E-state index is 11.6. The molecule has 1 N–H and O–H groups in total. The first-order valence-corrected chi connectivity index (χ1v) is 8.93. The fourth-order valence-corrected chi connectivity index (χ4v) is 3.43. The standard InChI is InChI=1S/C11H16ClNO5S2/c1-17-6-7-18-5-4-13-10(14)8-9-2-3-11(19-9)20(12,15)16/h2-3H,4-8H2,1H3,(H,13,14). The number of nitrogens with one attached hydrogen (secondary N) is 1. The number of ether oxygens (including phenoxy) is 2. The Hall–Kier alpha value is -0.670. The highest BCUT2D eigenvalue weighted by Crippen LogP contribution is 2.24. The third-order valence-electron chi connectivity index (χ3n) is 2.21. The van der Waals surface area contributed by atoms with Gasteiger partial charge in [0.1, 0.15) is 4.21 Å². The summed E-state index contributed by atoms with van der Waals surface area (Å²) in [7, 11) is 3.07. The number of rotatable bonds is 9. The second-order valence-electron chi connectivity index (χ2n) is 3.79. The molecule has 114 valence electrons. The molecule has 20 heavy (non-hydrogen) atoms. The van der Waals surface area contributed by atoms with E-state index in [4.69, 9.17) is 20.2 Å². The number of hydrogen-bond acceptors (Lipinski definition) is 6. The molecule has 6 nitrogen and oxygen atoms in total. The molecule has 1 aromatic rings. The quantitative estimate of drug-likeness (QED) is 0.535. The summed E-state index contributed by atoms with van der Waals surface area (Å²) in [4.78, 5) is 12.2. The van der Waals surface area contributed by atoms with Crippen LogP contribution in [0.1, 0.15) is 4.88 Å². The van der Waals surface area contributed by atoms with Crippen LogP contribution < -0.4 is 5.32 Å². The van der Waals surface area contributed by atoms with Crippen molar-refractivity contribution in [3.63, 3.8) is 0 Å². The molecule has 0 bridgehead atoms. The van der Waals surface area contributed by atoms with E-state index in [1.54, 1.807) is 13.2 Å². The Balaban J connectivity index is 2.27. The zero-order valence-corrected chi connectivity index (χ0v) is 13.3. The SMILES string of the molecule is COCCOCCNC(=O)Cc1ccc(S(=O)(=O)Cl)s1. The zero-order chi connectivity index (χ0) is 15.0. The summed E-state index contributed by atoms with van der Waals surface area (Å²) >= 11 is 0.990. The van der Waals surface area contributed by atoms with E-state index in [0.29, 0.717) is 31.2 Å². The lowest BCUT2D eigenvalue weighted by atomic mass is 10.3. The summed E-state index contributed by atoms with van der Waals surface area (Å²) in [6.45, 7) is 1.79. The minimum Gasteiger partial charge on any atom is -0.382 e. The van der Waals surface area contributed by atoms with Crippen molar-refractivity contribution < 1.29 is 22.7 Å². The Morgan fingerprint density at radius 3 is 2.70 bits per heavy atom. The Kier molecular flexibility index (Phi) is 7.46. The molecule has 1 amide bonds. The van der Waals surface area contributed by atoms with Crippen molar-refractivity contribution in [3.05, 3.63) is 17.0 Å². The molecular formula is C11H16ClNO5S2. The van der Waals surface area contributed by atoms with E-state index in [9.17, 15) is 13.2 Å². The van der Waals surface area contributed by atoms with E-state index >= 15 is 0 Å². The van der Waals surface area contributed by atoms with Crippen molar-refractivity contribution in [2.45, 2.75) is 10.6 Å². The van der Waals surface area contributed by atoms with E-state index in [0.717, 1.165) is 11.3 Å². The summed E-state index contributed by atoms with van der Waals surface area (Å²) in [5, 5.41) is 2.68. The number of amides is 1. The van der Waals surface area contributed by atoms with Crippen LogP contribution in [0.5, 0.6) is 0 Å². The fraction of sp³-hybridized carbons (Fsp3) is 0.545. The molecule has 0 aliphatic heterocycles. The molecule has 0 unspecified atom stereocenters. The number of methoxy groups -OCH3 is 1. The monoisotopic (exact) mass is 341 g/mol. The lowest BCUT2D eigenvalue weighted by Gasteiger charge is -2.05. The Morgan fingerprint density at radius 1 is 1.35 bits per heavy atom. The third-order valence-corrected chi connectivity index (χ3v) is 5.39. The van der Waals surface area contributed by atoms with Gasteiger partial charge in [0.05, 0.1) is 26.2 Å². The molecule has 0 aromatic carbocycles. The van der Waals surface area contributed by atoms with Crippen LogP contribution in [0.2, 0.25) is 0 Å². The summed E-state index contributed by atoms with van der Waals surface area (Å²) in [5.41, 5.74) is 0. The number of thiophene rings is 1. The summed E-state index contributed by atoms with van der Waals surface area (Å²) in [5.74, 6) is -0.194. The van der Waals surface area contributed by atoms with Crippen molar-refractivity contribution in [1.82, 2.24) is 5.32 Å². The van der Waals surface area contributed by atoms with Crippen LogP contribution >= 0.6 is 22.0 Å². The van der Waals surface area contributed by atoms with Crippen LogP contribution in [-0.4, -0.2) is 47.8 Å². The van der Waals surface area contributed by atoms with Gasteiger partial charge in [0.2, 0.25) is 5.91 Å². The molecule has 0 aliphatic carbocycles. The molecule has 0 saturated heterocycles. The highest BCUT2D eigenvalue weighted by atomic mass is 35.7. The van der Waals surface area contributed by atoms with E-state index in [-0.39, 0.29) is 16.5 Å². The van der Waals surface area contributed by atoms with Crippen molar-refractivity contribution in [3.8, 4) is 0 Å². The molecular weight excluding hydrogens is 326 g/mol. The average Bonchev–Trinajstić information content (AvgIpc) is 2.82. The first-order valence-electron chi connectivity index (χ1n) is 5.80. The van der Waals surface area contributed by atoms with E-state index < -0.39 is 9.05 Å².